The summed E-state index contributed by atoms with van der Waals surface area (Å²) < 4.78 is 1.35. The van der Waals surface area contributed by atoms with Crippen LogP contribution in [0.5, 0.6) is 0 Å². The van der Waals surface area contributed by atoms with Crippen LogP contribution in [0.15, 0.2) is 34.0 Å². The van der Waals surface area contributed by atoms with Crippen LogP contribution in [-0.4, -0.2) is 14.5 Å². The number of rotatable bonds is 1. The van der Waals surface area contributed by atoms with E-state index < -0.39 is 17.2 Å². The maximum Gasteiger partial charge on any atom is 0.328 e. The van der Waals surface area contributed by atoms with E-state index in [0.29, 0.717) is 21.4 Å². The summed E-state index contributed by atoms with van der Waals surface area (Å²) in [5, 5.41) is 1.03. The van der Waals surface area contributed by atoms with Gasteiger partial charge in [0.25, 0.3) is 5.56 Å². The van der Waals surface area contributed by atoms with Gasteiger partial charge in [0, 0.05) is 23.8 Å². The minimum atomic E-state index is -0.463. The van der Waals surface area contributed by atoms with Crippen LogP contribution >= 0.6 is 22.9 Å². The number of nitrogens with zero attached hydrogens (tertiary/aromatic N) is 2. The Hall–Kier alpha value is -2.64. The highest BCUT2D eigenvalue weighted by Gasteiger charge is 2.29. The van der Waals surface area contributed by atoms with E-state index in [1.807, 2.05) is 24.3 Å². The number of hydrogen-bond donors (Lipinski definition) is 2. The van der Waals surface area contributed by atoms with Crippen LogP contribution in [-0.2, 0) is 7.05 Å². The van der Waals surface area contributed by atoms with Gasteiger partial charge in [-0.2, -0.15) is 0 Å². The number of fused-ring (bicyclic) bond motifs is 2. The van der Waals surface area contributed by atoms with Crippen molar-refractivity contribution in [3.8, 4) is 0 Å². The quantitative estimate of drug-likeness (QED) is 0.536. The molecule has 1 aliphatic carbocycles. The van der Waals surface area contributed by atoms with Crippen molar-refractivity contribution in [1.29, 1.82) is 0 Å². The van der Waals surface area contributed by atoms with E-state index in [0.717, 1.165) is 16.0 Å². The fourth-order valence-electron chi connectivity index (χ4n) is 3.06. The summed E-state index contributed by atoms with van der Waals surface area (Å²) in [4.78, 5) is 31.9. The van der Waals surface area contributed by atoms with E-state index in [2.05, 4.69) is 9.97 Å². The molecule has 2 heterocycles. The van der Waals surface area contributed by atoms with E-state index in [1.165, 1.54) is 15.9 Å². The zero-order valence-electron chi connectivity index (χ0n) is 13.1. The lowest BCUT2D eigenvalue weighted by molar-refractivity contribution is 0.761. The predicted octanol–water partition coefficient (Wildman–Crippen LogP) is 2.43. The number of benzene rings is 1. The summed E-state index contributed by atoms with van der Waals surface area (Å²) in [6.07, 6.45) is 5.41. The molecule has 3 N–H and O–H groups in total. The third kappa shape index (κ3) is 2.61. The SMILES string of the molecule is Cn1cc(C2c3ccc(Cl)cc3C=Cc3sc(N)nc32)c(=O)[nH]c1=O. The molecule has 25 heavy (non-hydrogen) atoms. The summed E-state index contributed by atoms with van der Waals surface area (Å²) in [7, 11) is 1.59. The molecule has 126 valence electrons. The number of hydrogen-bond acceptors (Lipinski definition) is 5. The largest absolute Gasteiger partial charge is 0.375 e. The third-order valence-corrected chi connectivity index (χ3v) is 5.29. The second-order valence-corrected chi connectivity index (χ2v) is 7.29. The normalized spacial score (nSPS) is 15.5. The molecule has 6 nitrogen and oxygen atoms in total. The number of H-pyrrole nitrogens is 1. The Kier molecular flexibility index (Phi) is 3.63. The van der Waals surface area contributed by atoms with Gasteiger partial charge in [0.05, 0.1) is 16.5 Å². The number of anilines is 1. The van der Waals surface area contributed by atoms with Crippen molar-refractivity contribution >= 4 is 40.2 Å². The van der Waals surface area contributed by atoms with Crippen LogP contribution in [0.4, 0.5) is 5.13 Å². The van der Waals surface area contributed by atoms with Gasteiger partial charge in [-0.05, 0) is 29.3 Å². The number of aromatic amines is 1. The molecule has 4 rings (SSSR count). The summed E-state index contributed by atoms with van der Waals surface area (Å²) in [6.45, 7) is 0. The minimum Gasteiger partial charge on any atom is -0.375 e. The Morgan fingerprint density at radius 3 is 2.88 bits per heavy atom. The topological polar surface area (TPSA) is 93.8 Å². The molecule has 1 atom stereocenters. The van der Waals surface area contributed by atoms with Crippen molar-refractivity contribution < 1.29 is 0 Å². The third-order valence-electron chi connectivity index (χ3n) is 4.19. The van der Waals surface area contributed by atoms with E-state index in [1.54, 1.807) is 19.3 Å². The average Bonchev–Trinajstić information content (AvgIpc) is 2.86. The van der Waals surface area contributed by atoms with Crippen LogP contribution in [0.2, 0.25) is 5.02 Å². The Morgan fingerprint density at radius 2 is 2.08 bits per heavy atom. The Labute approximate surface area is 151 Å². The zero-order valence-corrected chi connectivity index (χ0v) is 14.7. The number of halogens is 1. The smallest absolute Gasteiger partial charge is 0.328 e. The number of nitrogens with one attached hydrogen (secondary N) is 1. The van der Waals surface area contributed by atoms with Gasteiger partial charge >= 0.3 is 5.69 Å². The molecular formula is C17H13ClN4O2S. The Balaban J connectivity index is 2.07. The highest BCUT2D eigenvalue weighted by atomic mass is 35.5. The number of nitrogens with two attached hydrogens (primary N) is 1. The first kappa shape index (κ1) is 15.9. The zero-order chi connectivity index (χ0) is 17.7. The number of aromatic nitrogens is 3. The number of aryl methyl sites for hydroxylation is 1. The highest BCUT2D eigenvalue weighted by Crippen LogP contribution is 2.40. The van der Waals surface area contributed by atoms with Crippen molar-refractivity contribution in [3.05, 3.63) is 77.5 Å². The molecule has 8 heteroatoms. The van der Waals surface area contributed by atoms with Crippen molar-refractivity contribution in [2.24, 2.45) is 7.05 Å². The standard InChI is InChI=1S/C17H13ClN4O2S/c1-22-7-11(15(23)21-17(22)24)13-10-4-3-9(18)6-8(10)2-5-12-14(13)20-16(19)25-12/h2-7,13H,1H3,(H2,19,20)(H,21,23,24). The van der Waals surface area contributed by atoms with Crippen molar-refractivity contribution in [2.75, 3.05) is 5.73 Å². The van der Waals surface area contributed by atoms with Gasteiger partial charge in [-0.25, -0.2) is 9.78 Å². The highest BCUT2D eigenvalue weighted by molar-refractivity contribution is 7.16. The summed E-state index contributed by atoms with van der Waals surface area (Å²) >= 11 is 7.49. The average molecular weight is 373 g/mol. The molecule has 0 bridgehead atoms. The molecule has 0 saturated heterocycles. The van der Waals surface area contributed by atoms with Crippen LogP contribution < -0.4 is 17.0 Å². The minimum absolute atomic E-state index is 0.429. The molecular weight excluding hydrogens is 360 g/mol. The van der Waals surface area contributed by atoms with Crippen LogP contribution in [0, 0.1) is 0 Å². The molecule has 0 fully saturated rings. The maximum absolute atomic E-state index is 12.5. The molecule has 0 saturated carbocycles. The molecule has 0 amide bonds. The van der Waals surface area contributed by atoms with E-state index in [-0.39, 0.29) is 0 Å². The lowest BCUT2D eigenvalue weighted by Gasteiger charge is -2.18. The lowest BCUT2D eigenvalue weighted by atomic mass is 9.87. The van der Waals surface area contributed by atoms with Gasteiger partial charge in [-0.1, -0.05) is 35.1 Å². The molecule has 3 aromatic rings. The van der Waals surface area contributed by atoms with Gasteiger partial charge in [0.15, 0.2) is 5.13 Å². The first-order valence-corrected chi connectivity index (χ1v) is 8.67. The first-order valence-electron chi connectivity index (χ1n) is 7.47. The molecule has 1 unspecified atom stereocenters. The van der Waals surface area contributed by atoms with Gasteiger partial charge in [0.2, 0.25) is 0 Å². The second kappa shape index (κ2) is 5.72. The van der Waals surface area contributed by atoms with Crippen LogP contribution in [0.1, 0.15) is 33.2 Å². The molecule has 0 spiro atoms. The van der Waals surface area contributed by atoms with Gasteiger partial charge < -0.3 is 10.3 Å². The maximum atomic E-state index is 12.5. The van der Waals surface area contributed by atoms with Gasteiger partial charge in [0.1, 0.15) is 0 Å². The predicted molar refractivity (Wildman–Crippen MR) is 100 cm³/mol. The van der Waals surface area contributed by atoms with E-state index in [4.69, 9.17) is 17.3 Å². The van der Waals surface area contributed by atoms with Crippen molar-refractivity contribution in [1.82, 2.24) is 14.5 Å². The van der Waals surface area contributed by atoms with Gasteiger partial charge in [-0.3, -0.25) is 9.78 Å². The molecule has 0 radical (unpaired) electrons. The summed E-state index contributed by atoms with van der Waals surface area (Å²) in [6, 6.07) is 5.50. The fourth-order valence-corrected chi connectivity index (χ4v) is 4.01. The second-order valence-electron chi connectivity index (χ2n) is 5.80. The monoisotopic (exact) mass is 372 g/mol. The molecule has 1 aliphatic rings. The Morgan fingerprint density at radius 1 is 1.28 bits per heavy atom. The fraction of sp³-hybridized carbons (Fsp3) is 0.118. The molecule has 0 aliphatic heterocycles. The molecule has 1 aromatic carbocycles. The number of thiazole rings is 1. The first-order chi connectivity index (χ1) is 11.9. The van der Waals surface area contributed by atoms with Crippen molar-refractivity contribution in [3.63, 3.8) is 0 Å². The van der Waals surface area contributed by atoms with Gasteiger partial charge in [-0.15, -0.1) is 0 Å². The van der Waals surface area contributed by atoms with Crippen LogP contribution in [0.3, 0.4) is 0 Å². The number of nitrogen functional groups attached to an aromatic ring is 1. The Bertz CT molecular complexity index is 1140. The van der Waals surface area contributed by atoms with E-state index >= 15 is 0 Å². The van der Waals surface area contributed by atoms with E-state index in [9.17, 15) is 9.59 Å². The summed E-state index contributed by atoms with van der Waals surface area (Å²) in [5.41, 5.74) is 7.91. The van der Waals surface area contributed by atoms with Crippen molar-refractivity contribution in [2.45, 2.75) is 5.92 Å². The molecule has 2 aromatic heterocycles. The van der Waals surface area contributed by atoms with Crippen LogP contribution in [0.25, 0.3) is 12.2 Å². The summed E-state index contributed by atoms with van der Waals surface area (Å²) in [5.74, 6) is -0.443. The lowest BCUT2D eigenvalue weighted by Crippen LogP contribution is -2.32.